The molecule has 0 heterocycles. The third-order valence-electron chi connectivity index (χ3n) is 2.13. The van der Waals surface area contributed by atoms with Crippen molar-refractivity contribution in [2.45, 2.75) is 4.90 Å². The molecule has 0 saturated carbocycles. The lowest BCUT2D eigenvalue weighted by atomic mass is 10.2. The van der Waals surface area contributed by atoms with Gasteiger partial charge in [0.05, 0.1) is 15.5 Å². The SMILES string of the molecule is CNC(=O)CS(=O)(=O)c1ccc(Cl)c(C(=O)O)c1. The van der Waals surface area contributed by atoms with Gasteiger partial charge >= 0.3 is 5.97 Å². The Hall–Kier alpha value is -1.60. The summed E-state index contributed by atoms with van der Waals surface area (Å²) in [6.07, 6.45) is 0. The zero-order valence-electron chi connectivity index (χ0n) is 9.31. The first kappa shape index (κ1) is 14.5. The molecule has 98 valence electrons. The molecule has 0 aliphatic rings. The quantitative estimate of drug-likeness (QED) is 0.844. The smallest absolute Gasteiger partial charge is 0.337 e. The van der Waals surface area contributed by atoms with Crippen LogP contribution >= 0.6 is 11.6 Å². The molecular weight excluding hydrogens is 282 g/mol. The average Bonchev–Trinajstić information content (AvgIpc) is 2.28. The normalized spacial score (nSPS) is 11.0. The van der Waals surface area contributed by atoms with Crippen LogP contribution in [0.25, 0.3) is 0 Å². The third kappa shape index (κ3) is 3.21. The van der Waals surface area contributed by atoms with Gasteiger partial charge in [0.2, 0.25) is 5.91 Å². The van der Waals surface area contributed by atoms with Crippen LogP contribution in [0, 0.1) is 0 Å². The number of rotatable bonds is 4. The van der Waals surface area contributed by atoms with E-state index in [0.717, 1.165) is 12.1 Å². The minimum absolute atomic E-state index is 0.0682. The van der Waals surface area contributed by atoms with E-state index in [1.54, 1.807) is 0 Å². The van der Waals surface area contributed by atoms with Crippen LogP contribution in [0.3, 0.4) is 0 Å². The van der Waals surface area contributed by atoms with E-state index >= 15 is 0 Å². The molecule has 0 spiro atoms. The Kier molecular flexibility index (Phi) is 4.31. The summed E-state index contributed by atoms with van der Waals surface area (Å²) in [5.41, 5.74) is -0.324. The molecule has 0 saturated heterocycles. The lowest BCUT2D eigenvalue weighted by Gasteiger charge is -2.05. The van der Waals surface area contributed by atoms with Crippen molar-refractivity contribution in [1.82, 2.24) is 5.32 Å². The molecule has 0 bridgehead atoms. The number of sulfone groups is 1. The maximum absolute atomic E-state index is 11.8. The molecule has 1 aromatic carbocycles. The molecule has 0 fully saturated rings. The van der Waals surface area contributed by atoms with Crippen molar-refractivity contribution in [2.24, 2.45) is 0 Å². The van der Waals surface area contributed by atoms with Crippen molar-refractivity contribution in [2.75, 3.05) is 12.8 Å². The van der Waals surface area contributed by atoms with Gasteiger partial charge in [-0.05, 0) is 18.2 Å². The third-order valence-corrected chi connectivity index (χ3v) is 4.07. The Morgan fingerprint density at radius 2 is 2.00 bits per heavy atom. The molecule has 0 aliphatic carbocycles. The van der Waals surface area contributed by atoms with Gasteiger partial charge in [0, 0.05) is 7.05 Å². The average molecular weight is 292 g/mol. The molecule has 0 atom stereocenters. The standard InChI is InChI=1S/C10H10ClNO5S/c1-12-9(13)5-18(16,17)6-2-3-8(11)7(4-6)10(14)15/h2-4H,5H2,1H3,(H,12,13)(H,14,15). The second-order valence-electron chi connectivity index (χ2n) is 3.38. The van der Waals surface area contributed by atoms with Gasteiger partial charge in [-0.15, -0.1) is 0 Å². The molecule has 18 heavy (non-hydrogen) atoms. The van der Waals surface area contributed by atoms with Gasteiger partial charge in [0.15, 0.2) is 9.84 Å². The second-order valence-corrected chi connectivity index (χ2v) is 5.78. The highest BCUT2D eigenvalue weighted by molar-refractivity contribution is 7.92. The number of carboxylic acid groups (broad SMARTS) is 1. The Morgan fingerprint density at radius 3 is 2.50 bits per heavy atom. The van der Waals surface area contributed by atoms with E-state index < -0.39 is 27.5 Å². The number of hydrogen-bond donors (Lipinski definition) is 2. The summed E-state index contributed by atoms with van der Waals surface area (Å²) < 4.78 is 23.6. The van der Waals surface area contributed by atoms with Crippen molar-refractivity contribution in [3.63, 3.8) is 0 Å². The number of hydrogen-bond acceptors (Lipinski definition) is 4. The highest BCUT2D eigenvalue weighted by atomic mass is 35.5. The van der Waals surface area contributed by atoms with E-state index in [-0.39, 0.29) is 15.5 Å². The molecule has 0 aliphatic heterocycles. The molecule has 8 heteroatoms. The van der Waals surface area contributed by atoms with Gasteiger partial charge in [0.25, 0.3) is 0 Å². The summed E-state index contributed by atoms with van der Waals surface area (Å²) in [5, 5.41) is 10.9. The van der Waals surface area contributed by atoms with Gasteiger partial charge in [-0.1, -0.05) is 11.6 Å². The van der Waals surface area contributed by atoms with E-state index in [0.29, 0.717) is 0 Å². The summed E-state index contributed by atoms with van der Waals surface area (Å²) in [6, 6.07) is 3.26. The fourth-order valence-corrected chi connectivity index (χ4v) is 2.62. The lowest BCUT2D eigenvalue weighted by molar-refractivity contribution is -0.118. The Balaban J connectivity index is 3.22. The minimum Gasteiger partial charge on any atom is -0.478 e. The fraction of sp³-hybridized carbons (Fsp3) is 0.200. The van der Waals surface area contributed by atoms with Crippen molar-refractivity contribution < 1.29 is 23.1 Å². The van der Waals surface area contributed by atoms with Crippen molar-refractivity contribution in [1.29, 1.82) is 0 Å². The number of nitrogens with one attached hydrogen (secondary N) is 1. The number of benzene rings is 1. The summed E-state index contributed by atoms with van der Waals surface area (Å²) in [7, 11) is -2.57. The predicted octanol–water partition coefficient (Wildman–Crippen LogP) is 0.558. The maximum Gasteiger partial charge on any atom is 0.337 e. The van der Waals surface area contributed by atoms with Crippen LogP contribution in [0.1, 0.15) is 10.4 Å². The highest BCUT2D eigenvalue weighted by Crippen LogP contribution is 2.21. The Bertz CT molecular complexity index is 596. The van der Waals surface area contributed by atoms with Crippen LogP contribution in [0.5, 0.6) is 0 Å². The Morgan fingerprint density at radius 1 is 1.39 bits per heavy atom. The first-order valence-electron chi connectivity index (χ1n) is 4.74. The maximum atomic E-state index is 11.8. The fourth-order valence-electron chi connectivity index (χ4n) is 1.19. The second kappa shape index (κ2) is 5.36. The topological polar surface area (TPSA) is 101 Å². The summed E-state index contributed by atoms with van der Waals surface area (Å²) in [6.45, 7) is 0. The van der Waals surface area contributed by atoms with E-state index in [2.05, 4.69) is 5.32 Å². The molecule has 6 nitrogen and oxygen atoms in total. The number of carbonyl (C=O) groups excluding carboxylic acids is 1. The highest BCUT2D eigenvalue weighted by Gasteiger charge is 2.21. The number of carbonyl (C=O) groups is 2. The number of halogens is 1. The summed E-state index contributed by atoms with van der Waals surface area (Å²) >= 11 is 5.62. The zero-order valence-corrected chi connectivity index (χ0v) is 10.9. The Labute approximate surface area is 108 Å². The number of carboxylic acids is 1. The van der Waals surface area contributed by atoms with Gasteiger partial charge in [-0.3, -0.25) is 4.79 Å². The van der Waals surface area contributed by atoms with Crippen LogP contribution in [-0.4, -0.2) is 38.2 Å². The van der Waals surface area contributed by atoms with E-state index in [4.69, 9.17) is 16.7 Å². The molecule has 2 N–H and O–H groups in total. The van der Waals surface area contributed by atoms with Crippen LogP contribution in [0.4, 0.5) is 0 Å². The minimum atomic E-state index is -3.88. The lowest BCUT2D eigenvalue weighted by Crippen LogP contribution is -2.27. The molecule has 0 aromatic heterocycles. The number of amides is 1. The first-order chi connectivity index (χ1) is 8.27. The largest absolute Gasteiger partial charge is 0.478 e. The molecular formula is C10H10ClNO5S. The molecule has 1 amide bonds. The molecule has 1 aromatic rings. The van der Waals surface area contributed by atoms with E-state index in [1.807, 2.05) is 0 Å². The van der Waals surface area contributed by atoms with Crippen molar-refractivity contribution >= 4 is 33.3 Å². The van der Waals surface area contributed by atoms with Crippen LogP contribution < -0.4 is 5.32 Å². The first-order valence-corrected chi connectivity index (χ1v) is 6.77. The molecule has 0 unspecified atom stereocenters. The van der Waals surface area contributed by atoms with Gasteiger partial charge in [0.1, 0.15) is 5.75 Å². The van der Waals surface area contributed by atoms with Gasteiger partial charge < -0.3 is 10.4 Å². The van der Waals surface area contributed by atoms with Gasteiger partial charge in [-0.2, -0.15) is 0 Å². The van der Waals surface area contributed by atoms with E-state index in [1.165, 1.54) is 13.1 Å². The predicted molar refractivity (Wildman–Crippen MR) is 64.5 cm³/mol. The zero-order chi connectivity index (χ0) is 13.9. The molecule has 0 radical (unpaired) electrons. The summed E-state index contributed by atoms with van der Waals surface area (Å²) in [4.78, 5) is 21.6. The summed E-state index contributed by atoms with van der Waals surface area (Å²) in [5.74, 6) is -2.76. The van der Waals surface area contributed by atoms with Gasteiger partial charge in [-0.25, -0.2) is 13.2 Å². The molecule has 1 rings (SSSR count). The monoisotopic (exact) mass is 291 g/mol. The van der Waals surface area contributed by atoms with Crippen LogP contribution in [0.2, 0.25) is 5.02 Å². The van der Waals surface area contributed by atoms with Crippen molar-refractivity contribution in [3.8, 4) is 0 Å². The van der Waals surface area contributed by atoms with E-state index in [9.17, 15) is 18.0 Å². The van der Waals surface area contributed by atoms with Crippen LogP contribution in [0.15, 0.2) is 23.1 Å². The number of aromatic carboxylic acids is 1. The van der Waals surface area contributed by atoms with Crippen LogP contribution in [-0.2, 0) is 14.6 Å². The van der Waals surface area contributed by atoms with Crippen molar-refractivity contribution in [3.05, 3.63) is 28.8 Å².